The van der Waals surface area contributed by atoms with E-state index < -0.39 is 0 Å². The van der Waals surface area contributed by atoms with Crippen LogP contribution in [0.5, 0.6) is 0 Å². The molecular weight excluding hydrogens is 703 g/mol. The van der Waals surface area contributed by atoms with Gasteiger partial charge in [-0.05, 0) is 114 Å². The second-order valence-corrected chi connectivity index (χ2v) is 15.2. The molecule has 0 unspecified atom stereocenters. The third-order valence-electron chi connectivity index (χ3n) is 12.0. The van der Waals surface area contributed by atoms with Crippen LogP contribution in [0.2, 0.25) is 0 Å². The minimum Gasteiger partial charge on any atom is -0.455 e. The number of hydrogen-bond donors (Lipinski definition) is 0. The Morgan fingerprint density at radius 2 is 0.828 bits per heavy atom. The summed E-state index contributed by atoms with van der Waals surface area (Å²) in [5.74, 6) is 0. The SMILES string of the molecule is c1ccc2c(c1)cc(-c1ccc(N(c3ccc(-c4cccc5oc6c7ccccc7ccc6c45)cc3)c3cccc4c3ccc3ccccc34)cc1)c1ccccc12. The standard InChI is InChI=1S/C56H35NO/c1-4-14-43-36(11-1)27-33-50-48(43)20-9-21-53(50)57(42-31-25-39(26-32-42)52-35-40-13-3-5-15-44(40)47-17-7-8-18-49(47)52)41-29-23-38(24-30-41)45-19-10-22-54-55(45)51-34-28-37-12-2-6-16-46(37)56(51)58-54/h1-35H. The van der Waals surface area contributed by atoms with Crippen LogP contribution in [-0.2, 0) is 0 Å². The Hall–Kier alpha value is -7.68. The van der Waals surface area contributed by atoms with Gasteiger partial charge in [-0.15, -0.1) is 0 Å². The summed E-state index contributed by atoms with van der Waals surface area (Å²) < 4.78 is 6.55. The summed E-state index contributed by atoms with van der Waals surface area (Å²) in [6.45, 7) is 0. The van der Waals surface area contributed by atoms with Crippen LogP contribution in [0.1, 0.15) is 0 Å². The first-order chi connectivity index (χ1) is 28.8. The van der Waals surface area contributed by atoms with Crippen molar-refractivity contribution in [3.8, 4) is 22.3 Å². The zero-order valence-electron chi connectivity index (χ0n) is 31.6. The highest BCUT2D eigenvalue weighted by Gasteiger charge is 2.19. The molecule has 0 fully saturated rings. The lowest BCUT2D eigenvalue weighted by Gasteiger charge is -2.27. The van der Waals surface area contributed by atoms with Crippen LogP contribution >= 0.6 is 0 Å². The highest BCUT2D eigenvalue weighted by Crippen LogP contribution is 2.44. The van der Waals surface area contributed by atoms with E-state index in [1.165, 1.54) is 59.6 Å². The Labute approximate surface area is 335 Å². The average Bonchev–Trinajstić information content (AvgIpc) is 3.69. The van der Waals surface area contributed by atoms with Gasteiger partial charge >= 0.3 is 0 Å². The summed E-state index contributed by atoms with van der Waals surface area (Å²) in [5, 5.41) is 14.6. The van der Waals surface area contributed by atoms with Crippen molar-refractivity contribution >= 4 is 92.9 Å². The van der Waals surface area contributed by atoms with Crippen molar-refractivity contribution in [1.29, 1.82) is 0 Å². The van der Waals surface area contributed by atoms with Gasteiger partial charge in [0, 0.05) is 32.9 Å². The van der Waals surface area contributed by atoms with Gasteiger partial charge in [0.2, 0.25) is 0 Å². The first-order valence-corrected chi connectivity index (χ1v) is 19.9. The Kier molecular flexibility index (Phi) is 7.26. The third kappa shape index (κ3) is 5.05. The average molecular weight is 738 g/mol. The molecule has 12 rings (SSSR count). The maximum absolute atomic E-state index is 6.55. The van der Waals surface area contributed by atoms with Crippen LogP contribution in [0.4, 0.5) is 17.1 Å². The normalized spacial score (nSPS) is 11.8. The van der Waals surface area contributed by atoms with Crippen molar-refractivity contribution in [1.82, 2.24) is 0 Å². The molecule has 2 heteroatoms. The molecule has 1 heterocycles. The van der Waals surface area contributed by atoms with Gasteiger partial charge in [0.25, 0.3) is 0 Å². The van der Waals surface area contributed by atoms with Gasteiger partial charge < -0.3 is 9.32 Å². The fourth-order valence-corrected chi connectivity index (χ4v) is 9.31. The largest absolute Gasteiger partial charge is 0.455 e. The number of benzene rings is 11. The Morgan fingerprint density at radius 1 is 0.310 bits per heavy atom. The maximum Gasteiger partial charge on any atom is 0.143 e. The monoisotopic (exact) mass is 737 g/mol. The molecule has 0 saturated carbocycles. The molecule has 0 spiro atoms. The molecule has 12 aromatic rings. The van der Waals surface area contributed by atoms with Crippen LogP contribution in [0.3, 0.4) is 0 Å². The molecule has 270 valence electrons. The van der Waals surface area contributed by atoms with Crippen LogP contribution < -0.4 is 4.90 Å². The predicted octanol–water partition coefficient (Wildman–Crippen LogP) is 16.2. The van der Waals surface area contributed by atoms with Gasteiger partial charge in [0.1, 0.15) is 11.2 Å². The smallest absolute Gasteiger partial charge is 0.143 e. The second-order valence-electron chi connectivity index (χ2n) is 15.2. The number of nitrogens with zero attached hydrogens (tertiary/aromatic N) is 1. The summed E-state index contributed by atoms with van der Waals surface area (Å²) in [5.41, 5.74) is 9.89. The molecule has 58 heavy (non-hydrogen) atoms. The van der Waals surface area contributed by atoms with Crippen LogP contribution in [0.15, 0.2) is 217 Å². The van der Waals surface area contributed by atoms with Gasteiger partial charge in [-0.25, -0.2) is 0 Å². The van der Waals surface area contributed by atoms with E-state index in [1.807, 2.05) is 0 Å². The Morgan fingerprint density at radius 3 is 1.55 bits per heavy atom. The molecule has 0 amide bonds. The van der Waals surface area contributed by atoms with Crippen LogP contribution in [0, 0.1) is 0 Å². The molecule has 11 aromatic carbocycles. The summed E-state index contributed by atoms with van der Waals surface area (Å²) in [6, 6.07) is 77.1. The van der Waals surface area contributed by atoms with E-state index in [4.69, 9.17) is 4.42 Å². The number of fused-ring (bicyclic) bond motifs is 11. The number of hydrogen-bond acceptors (Lipinski definition) is 2. The maximum atomic E-state index is 6.55. The zero-order valence-corrected chi connectivity index (χ0v) is 31.6. The molecule has 0 atom stereocenters. The molecule has 0 saturated heterocycles. The minimum absolute atomic E-state index is 0.900. The summed E-state index contributed by atoms with van der Waals surface area (Å²) in [6.07, 6.45) is 0. The van der Waals surface area contributed by atoms with Crippen molar-refractivity contribution in [3.63, 3.8) is 0 Å². The highest BCUT2D eigenvalue weighted by atomic mass is 16.3. The van der Waals surface area contributed by atoms with E-state index in [-0.39, 0.29) is 0 Å². The van der Waals surface area contributed by atoms with Gasteiger partial charge in [0.05, 0.1) is 5.69 Å². The van der Waals surface area contributed by atoms with Gasteiger partial charge in [-0.2, -0.15) is 0 Å². The number of furan rings is 1. The first-order valence-electron chi connectivity index (χ1n) is 19.9. The zero-order chi connectivity index (χ0) is 38.2. The van der Waals surface area contributed by atoms with E-state index in [2.05, 4.69) is 217 Å². The second kappa shape index (κ2) is 12.9. The predicted molar refractivity (Wildman–Crippen MR) is 247 cm³/mol. The van der Waals surface area contributed by atoms with E-state index in [0.29, 0.717) is 0 Å². The highest BCUT2D eigenvalue weighted by molar-refractivity contribution is 6.19. The number of anilines is 3. The van der Waals surface area contributed by atoms with Crippen LogP contribution in [0.25, 0.3) is 98.1 Å². The topological polar surface area (TPSA) is 16.4 Å². The van der Waals surface area contributed by atoms with E-state index in [1.54, 1.807) is 0 Å². The first kappa shape index (κ1) is 32.6. The summed E-state index contributed by atoms with van der Waals surface area (Å²) in [7, 11) is 0. The molecule has 1 aromatic heterocycles. The molecule has 0 bridgehead atoms. The summed E-state index contributed by atoms with van der Waals surface area (Å²) >= 11 is 0. The molecule has 0 aliphatic carbocycles. The van der Waals surface area contributed by atoms with E-state index in [0.717, 1.165) is 55.5 Å². The molecular formula is C56H35NO. The van der Waals surface area contributed by atoms with Gasteiger partial charge in [-0.1, -0.05) is 164 Å². The summed E-state index contributed by atoms with van der Waals surface area (Å²) in [4.78, 5) is 2.41. The Balaban J connectivity index is 1.02. The van der Waals surface area contributed by atoms with Crippen molar-refractivity contribution in [3.05, 3.63) is 212 Å². The lowest BCUT2D eigenvalue weighted by molar-refractivity contribution is 0.673. The number of rotatable bonds is 5. The molecule has 0 N–H and O–H groups in total. The van der Waals surface area contributed by atoms with Gasteiger partial charge in [-0.3, -0.25) is 0 Å². The Bertz CT molecular complexity index is 3560. The molecule has 0 aliphatic rings. The quantitative estimate of drug-likeness (QED) is 0.164. The molecule has 0 radical (unpaired) electrons. The van der Waals surface area contributed by atoms with Crippen molar-refractivity contribution < 1.29 is 4.42 Å². The lowest BCUT2D eigenvalue weighted by atomic mass is 9.93. The van der Waals surface area contributed by atoms with Gasteiger partial charge in [0.15, 0.2) is 0 Å². The fraction of sp³-hybridized carbons (Fsp3) is 0. The van der Waals surface area contributed by atoms with Crippen molar-refractivity contribution in [2.24, 2.45) is 0 Å². The fourth-order valence-electron chi connectivity index (χ4n) is 9.31. The van der Waals surface area contributed by atoms with E-state index >= 15 is 0 Å². The molecule has 2 nitrogen and oxygen atoms in total. The van der Waals surface area contributed by atoms with Crippen molar-refractivity contribution in [2.45, 2.75) is 0 Å². The minimum atomic E-state index is 0.900. The van der Waals surface area contributed by atoms with E-state index in [9.17, 15) is 0 Å². The molecule has 0 aliphatic heterocycles. The van der Waals surface area contributed by atoms with Crippen molar-refractivity contribution in [2.75, 3.05) is 4.90 Å². The third-order valence-corrected chi connectivity index (χ3v) is 12.0. The van der Waals surface area contributed by atoms with Crippen LogP contribution in [-0.4, -0.2) is 0 Å². The lowest BCUT2D eigenvalue weighted by Crippen LogP contribution is -2.10.